The van der Waals surface area contributed by atoms with Crippen molar-refractivity contribution in [1.29, 1.82) is 0 Å². The Balaban J connectivity index is 2.25. The first-order valence-electron chi connectivity index (χ1n) is 5.59. The lowest BCUT2D eigenvalue weighted by Gasteiger charge is -2.04. The molecule has 0 fully saturated rings. The number of aldehydes is 1. The second kappa shape index (κ2) is 3.80. The lowest BCUT2D eigenvalue weighted by atomic mass is 10.1. The van der Waals surface area contributed by atoms with Gasteiger partial charge in [-0.05, 0) is 12.1 Å². The number of aromatic nitrogens is 4. The van der Waals surface area contributed by atoms with Crippen molar-refractivity contribution in [2.45, 2.75) is 0 Å². The molecule has 5 nitrogen and oxygen atoms in total. The second-order valence-electron chi connectivity index (χ2n) is 4.25. The van der Waals surface area contributed by atoms with Gasteiger partial charge in [0.1, 0.15) is 0 Å². The zero-order valence-corrected chi connectivity index (χ0v) is 10.2. The fraction of sp³-hybridized carbons (Fsp3) is 0.154. The van der Waals surface area contributed by atoms with E-state index in [2.05, 4.69) is 10.1 Å². The number of nitrogens with zero attached hydrogens (tertiary/aromatic N) is 4. The first-order chi connectivity index (χ1) is 8.70. The van der Waals surface area contributed by atoms with Crippen molar-refractivity contribution in [2.75, 3.05) is 0 Å². The van der Waals surface area contributed by atoms with Gasteiger partial charge < -0.3 is 4.57 Å². The predicted molar refractivity (Wildman–Crippen MR) is 68.3 cm³/mol. The molecule has 0 radical (unpaired) electrons. The summed E-state index contributed by atoms with van der Waals surface area (Å²) < 4.78 is 3.66. The number of aryl methyl sites for hydroxylation is 2. The van der Waals surface area contributed by atoms with Crippen molar-refractivity contribution in [3.8, 4) is 11.3 Å². The predicted octanol–water partition coefficient (Wildman–Crippen LogP) is 1.79. The highest BCUT2D eigenvalue weighted by Crippen LogP contribution is 2.25. The number of hydrogen-bond donors (Lipinski definition) is 0. The summed E-state index contributed by atoms with van der Waals surface area (Å²) in [6.45, 7) is 0. The van der Waals surface area contributed by atoms with E-state index in [1.807, 2.05) is 36.9 Å². The molecule has 0 saturated carbocycles. The number of benzene rings is 1. The van der Waals surface area contributed by atoms with Gasteiger partial charge in [0.05, 0.1) is 34.8 Å². The Labute approximate surface area is 104 Å². The fourth-order valence-corrected chi connectivity index (χ4v) is 2.18. The van der Waals surface area contributed by atoms with Crippen molar-refractivity contribution >= 4 is 17.3 Å². The quantitative estimate of drug-likeness (QED) is 0.642. The number of rotatable bonds is 2. The van der Waals surface area contributed by atoms with Crippen LogP contribution in [0, 0.1) is 0 Å². The molecule has 0 spiro atoms. The van der Waals surface area contributed by atoms with Gasteiger partial charge in [-0.3, -0.25) is 9.48 Å². The van der Waals surface area contributed by atoms with Crippen LogP contribution in [0.1, 0.15) is 10.4 Å². The van der Waals surface area contributed by atoms with Crippen molar-refractivity contribution in [3.63, 3.8) is 0 Å². The molecule has 2 heterocycles. The van der Waals surface area contributed by atoms with E-state index in [-0.39, 0.29) is 0 Å². The van der Waals surface area contributed by atoms with Crippen LogP contribution in [-0.2, 0) is 14.1 Å². The molecular formula is C13H12N4O. The van der Waals surface area contributed by atoms with E-state index < -0.39 is 0 Å². The highest BCUT2D eigenvalue weighted by atomic mass is 16.1. The van der Waals surface area contributed by atoms with Crippen LogP contribution in [0.25, 0.3) is 22.3 Å². The maximum Gasteiger partial charge on any atom is 0.153 e. The van der Waals surface area contributed by atoms with E-state index in [4.69, 9.17) is 0 Å². The highest BCUT2D eigenvalue weighted by molar-refractivity contribution is 5.89. The molecule has 0 aliphatic carbocycles. The van der Waals surface area contributed by atoms with Gasteiger partial charge in [-0.15, -0.1) is 0 Å². The van der Waals surface area contributed by atoms with Crippen molar-refractivity contribution in [2.24, 2.45) is 14.1 Å². The number of carbonyl (C=O) groups is 1. The van der Waals surface area contributed by atoms with Crippen LogP contribution in [0.5, 0.6) is 0 Å². The Morgan fingerprint density at radius 1 is 1.28 bits per heavy atom. The highest BCUT2D eigenvalue weighted by Gasteiger charge is 2.11. The minimum atomic E-state index is 0.591. The number of carbonyl (C=O) groups excluding carboxylic acids is 1. The Hall–Kier alpha value is -2.43. The number of hydrogen-bond acceptors (Lipinski definition) is 3. The summed E-state index contributed by atoms with van der Waals surface area (Å²) in [7, 11) is 3.78. The second-order valence-corrected chi connectivity index (χ2v) is 4.25. The summed E-state index contributed by atoms with van der Waals surface area (Å²) in [5.74, 6) is 0. The van der Waals surface area contributed by atoms with E-state index in [1.54, 1.807) is 17.2 Å². The Morgan fingerprint density at radius 2 is 2.11 bits per heavy atom. The topological polar surface area (TPSA) is 52.7 Å². The Bertz CT molecular complexity index is 739. The average Bonchev–Trinajstić information content (AvgIpc) is 2.93. The summed E-state index contributed by atoms with van der Waals surface area (Å²) in [6, 6.07) is 5.95. The van der Waals surface area contributed by atoms with Crippen LogP contribution in [0.2, 0.25) is 0 Å². The standard InChI is InChI=1S/C13H12N4O/c1-16-8-14-11-5-9(3-4-12(11)16)13-10(7-18)6-15-17(13)2/h3-8H,1-2H3. The van der Waals surface area contributed by atoms with Gasteiger partial charge in [0, 0.05) is 19.7 Å². The Morgan fingerprint density at radius 3 is 2.89 bits per heavy atom. The van der Waals surface area contributed by atoms with Crippen LogP contribution in [0.15, 0.2) is 30.7 Å². The van der Waals surface area contributed by atoms with Crippen LogP contribution < -0.4 is 0 Å². The molecule has 3 rings (SSSR count). The molecule has 18 heavy (non-hydrogen) atoms. The SMILES string of the molecule is Cn1ncc(C=O)c1-c1ccc2c(c1)ncn2C. The van der Waals surface area contributed by atoms with Crippen LogP contribution in [0.3, 0.4) is 0 Å². The molecular weight excluding hydrogens is 228 g/mol. The van der Waals surface area contributed by atoms with Crippen LogP contribution >= 0.6 is 0 Å². The third kappa shape index (κ3) is 1.44. The molecule has 0 aliphatic rings. The molecule has 0 amide bonds. The fourth-order valence-electron chi connectivity index (χ4n) is 2.18. The van der Waals surface area contributed by atoms with Gasteiger partial charge in [0.25, 0.3) is 0 Å². The molecule has 0 saturated heterocycles. The maximum atomic E-state index is 11.0. The first-order valence-corrected chi connectivity index (χ1v) is 5.59. The van der Waals surface area contributed by atoms with E-state index in [0.29, 0.717) is 5.56 Å². The van der Waals surface area contributed by atoms with Gasteiger partial charge >= 0.3 is 0 Å². The zero-order chi connectivity index (χ0) is 12.7. The smallest absolute Gasteiger partial charge is 0.153 e. The molecule has 3 aromatic rings. The lowest BCUT2D eigenvalue weighted by Crippen LogP contribution is -1.95. The van der Waals surface area contributed by atoms with E-state index in [0.717, 1.165) is 28.6 Å². The molecule has 0 atom stereocenters. The van der Waals surface area contributed by atoms with Crippen molar-refractivity contribution < 1.29 is 4.79 Å². The molecule has 0 aliphatic heterocycles. The third-order valence-corrected chi connectivity index (χ3v) is 3.09. The number of fused-ring (bicyclic) bond motifs is 1. The van der Waals surface area contributed by atoms with Crippen LogP contribution in [0.4, 0.5) is 0 Å². The van der Waals surface area contributed by atoms with Gasteiger partial charge in [-0.25, -0.2) is 4.98 Å². The van der Waals surface area contributed by atoms with E-state index in [1.165, 1.54) is 0 Å². The lowest BCUT2D eigenvalue weighted by molar-refractivity contribution is 0.112. The van der Waals surface area contributed by atoms with Gasteiger partial charge in [-0.2, -0.15) is 5.10 Å². The average molecular weight is 240 g/mol. The molecule has 0 N–H and O–H groups in total. The zero-order valence-electron chi connectivity index (χ0n) is 10.2. The molecule has 90 valence electrons. The summed E-state index contributed by atoms with van der Waals surface area (Å²) in [4.78, 5) is 15.3. The minimum absolute atomic E-state index is 0.591. The van der Waals surface area contributed by atoms with Gasteiger partial charge in [0.15, 0.2) is 6.29 Å². The summed E-state index contributed by atoms with van der Waals surface area (Å²) in [6.07, 6.45) is 4.17. The monoisotopic (exact) mass is 240 g/mol. The molecule has 1 aromatic carbocycles. The largest absolute Gasteiger partial charge is 0.334 e. The van der Waals surface area contributed by atoms with Crippen molar-refractivity contribution in [1.82, 2.24) is 19.3 Å². The summed E-state index contributed by atoms with van der Waals surface area (Å²) in [5, 5.41) is 4.11. The molecule has 5 heteroatoms. The minimum Gasteiger partial charge on any atom is -0.334 e. The van der Waals surface area contributed by atoms with Gasteiger partial charge in [-0.1, -0.05) is 6.07 Å². The van der Waals surface area contributed by atoms with E-state index >= 15 is 0 Å². The summed E-state index contributed by atoms with van der Waals surface area (Å²) in [5.41, 5.74) is 4.33. The van der Waals surface area contributed by atoms with Crippen LogP contribution in [-0.4, -0.2) is 25.6 Å². The maximum absolute atomic E-state index is 11.0. The normalized spacial score (nSPS) is 11.0. The number of imidazole rings is 1. The van der Waals surface area contributed by atoms with Gasteiger partial charge in [0.2, 0.25) is 0 Å². The van der Waals surface area contributed by atoms with E-state index in [9.17, 15) is 4.79 Å². The Kier molecular flexibility index (Phi) is 2.26. The molecule has 0 unspecified atom stereocenters. The molecule has 0 bridgehead atoms. The van der Waals surface area contributed by atoms with Crippen molar-refractivity contribution in [3.05, 3.63) is 36.3 Å². The summed E-state index contributed by atoms with van der Waals surface area (Å²) >= 11 is 0. The third-order valence-electron chi connectivity index (χ3n) is 3.09. The molecule has 2 aromatic heterocycles. The first kappa shape index (κ1) is 10.7.